The minimum Gasteiger partial charge on any atom is -0.472 e. The van der Waals surface area contributed by atoms with Gasteiger partial charge in [0.05, 0.1) is 11.8 Å². The number of carbonyl (C=O) groups is 2. The Hall–Kier alpha value is -2.76. The van der Waals surface area contributed by atoms with E-state index in [4.69, 9.17) is 4.42 Å². The number of nitrogens with zero attached hydrogens (tertiary/aromatic N) is 1. The van der Waals surface area contributed by atoms with E-state index in [9.17, 15) is 9.59 Å². The van der Waals surface area contributed by atoms with Crippen LogP contribution < -0.4 is 10.6 Å². The molecule has 0 bridgehead atoms. The SMILES string of the molecule is Cc1ccccc1NC(=O)N1CCC(CCNC(=O)c2ccoc2)CC1. The van der Waals surface area contributed by atoms with E-state index in [1.807, 2.05) is 36.1 Å². The molecule has 1 aromatic carbocycles. The molecule has 6 heteroatoms. The monoisotopic (exact) mass is 355 g/mol. The van der Waals surface area contributed by atoms with Crippen LogP contribution in [0.25, 0.3) is 0 Å². The Morgan fingerprint density at radius 3 is 2.65 bits per heavy atom. The zero-order valence-electron chi connectivity index (χ0n) is 15.0. The Balaban J connectivity index is 1.38. The van der Waals surface area contributed by atoms with Gasteiger partial charge in [-0.1, -0.05) is 18.2 Å². The van der Waals surface area contributed by atoms with E-state index in [1.54, 1.807) is 6.07 Å². The summed E-state index contributed by atoms with van der Waals surface area (Å²) in [6.45, 7) is 4.12. The van der Waals surface area contributed by atoms with Gasteiger partial charge in [0, 0.05) is 25.3 Å². The topological polar surface area (TPSA) is 74.6 Å². The molecule has 2 heterocycles. The number of rotatable bonds is 5. The first kappa shape index (κ1) is 18.0. The fourth-order valence-corrected chi connectivity index (χ4v) is 3.22. The maximum Gasteiger partial charge on any atom is 0.321 e. The van der Waals surface area contributed by atoms with Gasteiger partial charge in [0.2, 0.25) is 0 Å². The summed E-state index contributed by atoms with van der Waals surface area (Å²) in [5, 5.41) is 5.90. The van der Waals surface area contributed by atoms with Crippen LogP contribution in [0.4, 0.5) is 10.5 Å². The molecule has 1 aliphatic rings. The van der Waals surface area contributed by atoms with E-state index in [1.165, 1.54) is 12.5 Å². The second-order valence-electron chi connectivity index (χ2n) is 6.73. The molecular weight excluding hydrogens is 330 g/mol. The number of amides is 3. The van der Waals surface area contributed by atoms with Crippen LogP contribution in [0.3, 0.4) is 0 Å². The van der Waals surface area contributed by atoms with Crippen LogP contribution in [-0.2, 0) is 0 Å². The maximum absolute atomic E-state index is 12.4. The molecule has 26 heavy (non-hydrogen) atoms. The summed E-state index contributed by atoms with van der Waals surface area (Å²) in [6.07, 6.45) is 5.79. The Bertz CT molecular complexity index is 735. The molecule has 0 aliphatic carbocycles. The number of anilines is 1. The van der Waals surface area contributed by atoms with Gasteiger partial charge in [0.1, 0.15) is 6.26 Å². The van der Waals surface area contributed by atoms with Crippen LogP contribution >= 0.6 is 0 Å². The van der Waals surface area contributed by atoms with Crippen molar-refractivity contribution in [3.8, 4) is 0 Å². The second-order valence-corrected chi connectivity index (χ2v) is 6.73. The van der Waals surface area contributed by atoms with Gasteiger partial charge in [-0.15, -0.1) is 0 Å². The molecule has 6 nitrogen and oxygen atoms in total. The van der Waals surface area contributed by atoms with Crippen LogP contribution in [0.1, 0.15) is 35.2 Å². The normalized spacial score (nSPS) is 14.9. The number of urea groups is 1. The summed E-state index contributed by atoms with van der Waals surface area (Å²) in [5.41, 5.74) is 2.47. The molecule has 1 aromatic heterocycles. The molecule has 0 spiro atoms. The molecule has 1 saturated heterocycles. The summed E-state index contributed by atoms with van der Waals surface area (Å²) < 4.78 is 4.91. The van der Waals surface area contributed by atoms with Gasteiger partial charge in [-0.05, 0) is 49.8 Å². The Morgan fingerprint density at radius 2 is 1.96 bits per heavy atom. The van der Waals surface area contributed by atoms with Gasteiger partial charge in [-0.3, -0.25) is 4.79 Å². The lowest BCUT2D eigenvalue weighted by Crippen LogP contribution is -2.41. The maximum atomic E-state index is 12.4. The van der Waals surface area contributed by atoms with Crippen LogP contribution in [0, 0.1) is 12.8 Å². The number of likely N-dealkylation sites (tertiary alicyclic amines) is 1. The summed E-state index contributed by atoms with van der Waals surface area (Å²) >= 11 is 0. The van der Waals surface area contributed by atoms with Gasteiger partial charge in [0.15, 0.2) is 0 Å². The summed E-state index contributed by atoms with van der Waals surface area (Å²) in [7, 11) is 0. The standard InChI is InChI=1S/C20H25N3O3/c1-15-4-2-3-5-18(15)22-20(25)23-11-7-16(8-12-23)6-10-21-19(24)17-9-13-26-14-17/h2-5,9,13-14,16H,6-8,10-12H2,1H3,(H,21,24)(H,22,25). The van der Waals surface area contributed by atoms with Crippen molar-refractivity contribution in [1.82, 2.24) is 10.2 Å². The number of nitrogens with one attached hydrogen (secondary N) is 2. The molecule has 2 N–H and O–H groups in total. The van der Waals surface area contributed by atoms with Gasteiger partial charge in [0.25, 0.3) is 5.91 Å². The minimum atomic E-state index is -0.103. The molecular formula is C20H25N3O3. The van der Waals surface area contributed by atoms with E-state index < -0.39 is 0 Å². The largest absolute Gasteiger partial charge is 0.472 e. The molecule has 0 atom stereocenters. The fourth-order valence-electron chi connectivity index (χ4n) is 3.22. The third-order valence-electron chi connectivity index (χ3n) is 4.91. The Morgan fingerprint density at radius 1 is 1.19 bits per heavy atom. The van der Waals surface area contributed by atoms with E-state index in [0.717, 1.165) is 43.6 Å². The highest BCUT2D eigenvalue weighted by atomic mass is 16.3. The molecule has 2 aromatic rings. The molecule has 3 amide bonds. The zero-order chi connectivity index (χ0) is 18.4. The van der Waals surface area contributed by atoms with E-state index >= 15 is 0 Å². The predicted octanol–water partition coefficient (Wildman–Crippen LogP) is 3.65. The highest BCUT2D eigenvalue weighted by molar-refractivity contribution is 5.93. The number of benzene rings is 1. The van der Waals surface area contributed by atoms with Crippen LogP contribution in [0.2, 0.25) is 0 Å². The zero-order valence-corrected chi connectivity index (χ0v) is 15.0. The van der Waals surface area contributed by atoms with Crippen molar-refractivity contribution in [1.29, 1.82) is 0 Å². The molecule has 3 rings (SSSR count). The molecule has 0 unspecified atom stereocenters. The van der Waals surface area contributed by atoms with E-state index in [-0.39, 0.29) is 11.9 Å². The number of hydrogen-bond acceptors (Lipinski definition) is 3. The third kappa shape index (κ3) is 4.65. The van der Waals surface area contributed by atoms with Gasteiger partial charge < -0.3 is 20.0 Å². The highest BCUT2D eigenvalue weighted by Crippen LogP contribution is 2.21. The van der Waals surface area contributed by atoms with Crippen molar-refractivity contribution in [3.05, 3.63) is 54.0 Å². The molecule has 1 aliphatic heterocycles. The molecule has 138 valence electrons. The lowest BCUT2D eigenvalue weighted by atomic mass is 9.93. The first-order valence-corrected chi connectivity index (χ1v) is 9.05. The summed E-state index contributed by atoms with van der Waals surface area (Å²) in [5.74, 6) is 0.427. The quantitative estimate of drug-likeness (QED) is 0.860. The number of piperidine rings is 1. The van der Waals surface area contributed by atoms with Gasteiger partial charge in [-0.2, -0.15) is 0 Å². The van der Waals surface area contributed by atoms with Gasteiger partial charge in [-0.25, -0.2) is 4.79 Å². The number of furan rings is 1. The first-order chi connectivity index (χ1) is 12.6. The second kappa shape index (κ2) is 8.56. The van der Waals surface area contributed by atoms with Crippen molar-refractivity contribution in [2.75, 3.05) is 25.0 Å². The van der Waals surface area contributed by atoms with Crippen molar-refractivity contribution in [3.63, 3.8) is 0 Å². The number of para-hydroxylation sites is 1. The smallest absolute Gasteiger partial charge is 0.321 e. The van der Waals surface area contributed by atoms with Gasteiger partial charge >= 0.3 is 6.03 Å². The number of aryl methyl sites for hydroxylation is 1. The van der Waals surface area contributed by atoms with E-state index in [2.05, 4.69) is 10.6 Å². The average molecular weight is 355 g/mol. The van der Waals surface area contributed by atoms with E-state index in [0.29, 0.717) is 18.0 Å². The Kier molecular flexibility index (Phi) is 5.94. The highest BCUT2D eigenvalue weighted by Gasteiger charge is 2.23. The minimum absolute atomic E-state index is 0.0361. The van der Waals surface area contributed by atoms with Crippen molar-refractivity contribution < 1.29 is 14.0 Å². The van der Waals surface area contributed by atoms with Crippen LogP contribution in [0.5, 0.6) is 0 Å². The summed E-state index contributed by atoms with van der Waals surface area (Å²) in [4.78, 5) is 26.1. The van der Waals surface area contributed by atoms with Crippen molar-refractivity contribution in [2.24, 2.45) is 5.92 Å². The first-order valence-electron chi connectivity index (χ1n) is 9.05. The molecule has 0 saturated carbocycles. The predicted molar refractivity (Wildman–Crippen MR) is 100 cm³/mol. The van der Waals surface area contributed by atoms with Crippen molar-refractivity contribution >= 4 is 17.6 Å². The molecule has 1 fully saturated rings. The summed E-state index contributed by atoms with van der Waals surface area (Å²) in [6, 6.07) is 9.41. The third-order valence-corrected chi connectivity index (χ3v) is 4.91. The number of carbonyl (C=O) groups excluding carboxylic acids is 2. The lowest BCUT2D eigenvalue weighted by molar-refractivity contribution is 0.0949. The van der Waals surface area contributed by atoms with Crippen molar-refractivity contribution in [2.45, 2.75) is 26.2 Å². The molecule has 0 radical (unpaired) electrons. The Labute approximate surface area is 153 Å². The fraction of sp³-hybridized carbons (Fsp3) is 0.400. The van der Waals surface area contributed by atoms with Crippen LogP contribution in [-0.4, -0.2) is 36.5 Å². The number of hydrogen-bond donors (Lipinski definition) is 2. The average Bonchev–Trinajstić information content (AvgIpc) is 3.19. The van der Waals surface area contributed by atoms with Crippen LogP contribution in [0.15, 0.2) is 47.3 Å². The lowest BCUT2D eigenvalue weighted by Gasteiger charge is -2.32.